The molecule has 1 saturated heterocycles. The molecule has 0 aromatic heterocycles. The predicted octanol–water partition coefficient (Wildman–Crippen LogP) is 1.94. The molecule has 1 saturated carbocycles. The van der Waals surface area contributed by atoms with Crippen molar-refractivity contribution in [2.24, 2.45) is 11.7 Å². The first kappa shape index (κ1) is 17.9. The summed E-state index contributed by atoms with van der Waals surface area (Å²) in [4.78, 5) is 28.7. The molecule has 2 unspecified atom stereocenters. The third kappa shape index (κ3) is 4.00. The molecule has 2 atom stereocenters. The fourth-order valence-electron chi connectivity index (χ4n) is 3.75. The van der Waals surface area contributed by atoms with Gasteiger partial charge in [0.05, 0.1) is 0 Å². The lowest BCUT2D eigenvalue weighted by molar-refractivity contribution is -0.138. The Hall–Kier alpha value is -1.95. The van der Waals surface area contributed by atoms with E-state index in [0.29, 0.717) is 37.3 Å². The Bertz CT molecular complexity index is 656. The summed E-state index contributed by atoms with van der Waals surface area (Å²) in [7, 11) is 0. The van der Waals surface area contributed by atoms with Crippen LogP contribution in [-0.2, 0) is 4.79 Å². The van der Waals surface area contributed by atoms with Crippen molar-refractivity contribution >= 4 is 11.8 Å². The molecule has 136 valence electrons. The number of nitrogens with zero attached hydrogens (tertiary/aromatic N) is 2. The molecule has 25 heavy (non-hydrogen) atoms. The summed E-state index contributed by atoms with van der Waals surface area (Å²) in [5, 5.41) is 0. The fourth-order valence-corrected chi connectivity index (χ4v) is 3.75. The molecule has 2 aliphatic rings. The van der Waals surface area contributed by atoms with Gasteiger partial charge in [-0.15, -0.1) is 0 Å². The van der Waals surface area contributed by atoms with Gasteiger partial charge < -0.3 is 15.5 Å². The SMILES string of the molecule is Cc1ccc(C(=O)N2CCN(C(=O)C3CCCC(N)C3)CC2)cc1F. The third-order valence-electron chi connectivity index (χ3n) is 5.36. The van der Waals surface area contributed by atoms with Gasteiger partial charge in [0.15, 0.2) is 0 Å². The zero-order valence-corrected chi connectivity index (χ0v) is 14.7. The Kier molecular flexibility index (Phi) is 5.37. The van der Waals surface area contributed by atoms with Crippen LogP contribution in [0.5, 0.6) is 0 Å². The highest BCUT2D eigenvalue weighted by atomic mass is 19.1. The van der Waals surface area contributed by atoms with E-state index in [0.717, 1.165) is 25.7 Å². The van der Waals surface area contributed by atoms with Crippen molar-refractivity contribution in [3.8, 4) is 0 Å². The Morgan fingerprint density at radius 3 is 2.44 bits per heavy atom. The first-order chi connectivity index (χ1) is 12.0. The maximum atomic E-state index is 13.7. The zero-order valence-electron chi connectivity index (χ0n) is 14.7. The molecule has 1 heterocycles. The average molecular weight is 347 g/mol. The van der Waals surface area contributed by atoms with E-state index < -0.39 is 0 Å². The molecular weight excluding hydrogens is 321 g/mol. The van der Waals surface area contributed by atoms with Gasteiger partial charge in [-0.2, -0.15) is 0 Å². The van der Waals surface area contributed by atoms with Crippen LogP contribution in [0.1, 0.15) is 41.6 Å². The number of benzene rings is 1. The van der Waals surface area contributed by atoms with E-state index in [1.807, 2.05) is 4.90 Å². The van der Waals surface area contributed by atoms with Crippen molar-refractivity contribution in [1.82, 2.24) is 9.80 Å². The number of amides is 2. The summed E-state index contributed by atoms with van der Waals surface area (Å²) in [5.41, 5.74) is 6.87. The molecule has 0 bridgehead atoms. The smallest absolute Gasteiger partial charge is 0.254 e. The van der Waals surface area contributed by atoms with Crippen molar-refractivity contribution in [2.75, 3.05) is 26.2 Å². The molecular formula is C19H26FN3O2. The maximum Gasteiger partial charge on any atom is 0.254 e. The normalized spacial score (nSPS) is 24.3. The summed E-state index contributed by atoms with van der Waals surface area (Å²) in [5.74, 6) is -0.347. The van der Waals surface area contributed by atoms with Crippen LogP contribution in [0.4, 0.5) is 4.39 Å². The highest BCUT2D eigenvalue weighted by Gasteiger charge is 2.31. The lowest BCUT2D eigenvalue weighted by atomic mass is 9.85. The van der Waals surface area contributed by atoms with Gasteiger partial charge in [-0.1, -0.05) is 12.5 Å². The lowest BCUT2D eigenvalue weighted by Crippen LogP contribution is -2.52. The molecule has 2 amide bonds. The van der Waals surface area contributed by atoms with Crippen molar-refractivity contribution in [2.45, 2.75) is 38.6 Å². The third-order valence-corrected chi connectivity index (χ3v) is 5.36. The second-order valence-corrected chi connectivity index (χ2v) is 7.21. The first-order valence-corrected chi connectivity index (χ1v) is 9.05. The fraction of sp³-hybridized carbons (Fsp3) is 0.579. The van der Waals surface area contributed by atoms with Crippen LogP contribution in [0.2, 0.25) is 0 Å². The van der Waals surface area contributed by atoms with Gasteiger partial charge in [0.25, 0.3) is 5.91 Å². The monoisotopic (exact) mass is 347 g/mol. The molecule has 2 N–H and O–H groups in total. The van der Waals surface area contributed by atoms with E-state index in [1.54, 1.807) is 24.0 Å². The van der Waals surface area contributed by atoms with Crippen LogP contribution in [0.25, 0.3) is 0 Å². The maximum absolute atomic E-state index is 13.7. The largest absolute Gasteiger partial charge is 0.339 e. The number of rotatable bonds is 2. The zero-order chi connectivity index (χ0) is 18.0. The molecule has 2 fully saturated rings. The van der Waals surface area contributed by atoms with Crippen LogP contribution in [-0.4, -0.2) is 53.8 Å². The minimum atomic E-state index is -0.367. The minimum Gasteiger partial charge on any atom is -0.339 e. The van der Waals surface area contributed by atoms with Gasteiger partial charge in [0, 0.05) is 43.7 Å². The van der Waals surface area contributed by atoms with E-state index in [9.17, 15) is 14.0 Å². The molecule has 6 heteroatoms. The second-order valence-electron chi connectivity index (χ2n) is 7.21. The molecule has 1 aliphatic carbocycles. The Morgan fingerprint density at radius 2 is 1.80 bits per heavy atom. The molecule has 1 aromatic carbocycles. The number of piperazine rings is 1. The van der Waals surface area contributed by atoms with Crippen molar-refractivity contribution in [1.29, 1.82) is 0 Å². The standard InChI is InChI=1S/C19H26FN3O2/c1-13-5-6-15(12-17(13)20)19(25)23-9-7-22(8-10-23)18(24)14-3-2-4-16(21)11-14/h5-6,12,14,16H,2-4,7-11,21H2,1H3. The van der Waals surface area contributed by atoms with E-state index in [2.05, 4.69) is 0 Å². The Balaban J connectivity index is 1.56. The average Bonchev–Trinajstić information content (AvgIpc) is 2.63. The van der Waals surface area contributed by atoms with Gasteiger partial charge in [-0.3, -0.25) is 9.59 Å². The molecule has 0 radical (unpaired) electrons. The van der Waals surface area contributed by atoms with Gasteiger partial charge in [0.1, 0.15) is 5.82 Å². The summed E-state index contributed by atoms with van der Waals surface area (Å²) in [6.07, 6.45) is 3.68. The number of halogens is 1. The lowest BCUT2D eigenvalue weighted by Gasteiger charge is -2.37. The first-order valence-electron chi connectivity index (χ1n) is 9.05. The number of nitrogens with two attached hydrogens (primary N) is 1. The Labute approximate surface area is 148 Å². The van der Waals surface area contributed by atoms with Gasteiger partial charge in [0.2, 0.25) is 5.91 Å². The minimum absolute atomic E-state index is 0.0252. The molecule has 1 aromatic rings. The summed E-state index contributed by atoms with van der Waals surface area (Å²) in [6.45, 7) is 3.71. The summed E-state index contributed by atoms with van der Waals surface area (Å²) >= 11 is 0. The number of carbonyl (C=O) groups excluding carboxylic acids is 2. The molecule has 3 rings (SSSR count). The van der Waals surface area contributed by atoms with E-state index >= 15 is 0 Å². The van der Waals surface area contributed by atoms with E-state index in [4.69, 9.17) is 5.73 Å². The predicted molar refractivity (Wildman–Crippen MR) is 93.6 cm³/mol. The Morgan fingerprint density at radius 1 is 1.12 bits per heavy atom. The molecule has 1 aliphatic heterocycles. The molecule has 5 nitrogen and oxygen atoms in total. The van der Waals surface area contributed by atoms with Crippen LogP contribution < -0.4 is 5.73 Å². The van der Waals surface area contributed by atoms with Crippen LogP contribution >= 0.6 is 0 Å². The number of aryl methyl sites for hydroxylation is 1. The summed E-state index contributed by atoms with van der Waals surface area (Å²) in [6, 6.07) is 4.69. The van der Waals surface area contributed by atoms with Crippen molar-refractivity contribution in [3.05, 3.63) is 35.1 Å². The molecule has 0 spiro atoms. The van der Waals surface area contributed by atoms with Gasteiger partial charge >= 0.3 is 0 Å². The summed E-state index contributed by atoms with van der Waals surface area (Å²) < 4.78 is 13.7. The van der Waals surface area contributed by atoms with Crippen LogP contribution in [0.15, 0.2) is 18.2 Å². The highest BCUT2D eigenvalue weighted by molar-refractivity contribution is 5.94. The highest BCUT2D eigenvalue weighted by Crippen LogP contribution is 2.25. The van der Waals surface area contributed by atoms with Crippen LogP contribution in [0, 0.1) is 18.7 Å². The van der Waals surface area contributed by atoms with Crippen molar-refractivity contribution in [3.63, 3.8) is 0 Å². The topological polar surface area (TPSA) is 66.6 Å². The number of hydrogen-bond donors (Lipinski definition) is 1. The second kappa shape index (κ2) is 7.52. The quantitative estimate of drug-likeness (QED) is 0.889. The van der Waals surface area contributed by atoms with E-state index in [1.165, 1.54) is 6.07 Å². The number of carbonyl (C=O) groups is 2. The van der Waals surface area contributed by atoms with Gasteiger partial charge in [-0.05, 0) is 43.9 Å². The van der Waals surface area contributed by atoms with Crippen molar-refractivity contribution < 1.29 is 14.0 Å². The van der Waals surface area contributed by atoms with E-state index in [-0.39, 0.29) is 29.6 Å². The van der Waals surface area contributed by atoms with Crippen LogP contribution in [0.3, 0.4) is 0 Å². The number of hydrogen-bond acceptors (Lipinski definition) is 3. The van der Waals surface area contributed by atoms with Gasteiger partial charge in [-0.25, -0.2) is 4.39 Å².